The second kappa shape index (κ2) is 5.83. The van der Waals surface area contributed by atoms with Crippen LogP contribution in [-0.2, 0) is 13.0 Å². The summed E-state index contributed by atoms with van der Waals surface area (Å²) in [6, 6.07) is 19.8. The Hall–Kier alpha value is -2.55. The lowest BCUT2D eigenvalue weighted by molar-refractivity contribution is 0.0685. The molecule has 3 rings (SSSR count). The fourth-order valence-corrected chi connectivity index (χ4v) is 2.71. The first kappa shape index (κ1) is 13.4. The van der Waals surface area contributed by atoms with Gasteiger partial charge in [0.25, 0.3) is 0 Å². The molecule has 3 nitrogen and oxygen atoms in total. The minimum Gasteiger partial charge on any atom is -0.477 e. The van der Waals surface area contributed by atoms with E-state index >= 15 is 0 Å². The molecule has 0 aliphatic carbocycles. The second-order valence-corrected chi connectivity index (χ2v) is 5.13. The van der Waals surface area contributed by atoms with Crippen LogP contribution in [0.4, 0.5) is 0 Å². The molecule has 0 spiro atoms. The van der Waals surface area contributed by atoms with E-state index in [1.54, 1.807) is 6.07 Å². The van der Waals surface area contributed by atoms with Crippen molar-refractivity contribution in [2.24, 2.45) is 0 Å². The first-order valence-corrected chi connectivity index (χ1v) is 7.11. The van der Waals surface area contributed by atoms with Crippen LogP contribution in [0.1, 0.15) is 22.5 Å². The predicted molar refractivity (Wildman–Crippen MR) is 83.7 cm³/mol. The molecule has 3 aromatic rings. The van der Waals surface area contributed by atoms with Crippen LogP contribution in [-0.4, -0.2) is 15.6 Å². The lowest BCUT2D eigenvalue weighted by Gasteiger charge is -2.08. The van der Waals surface area contributed by atoms with Gasteiger partial charge in [-0.15, -0.1) is 0 Å². The highest BCUT2D eigenvalue weighted by Gasteiger charge is 2.13. The number of benzene rings is 2. The highest BCUT2D eigenvalue weighted by molar-refractivity contribution is 5.94. The number of hydrogen-bond donors (Lipinski definition) is 1. The Morgan fingerprint density at radius 2 is 1.71 bits per heavy atom. The number of carboxylic acids is 1. The Balaban J connectivity index is 1.82. The molecule has 0 atom stereocenters. The predicted octanol–water partition coefficient (Wildman–Crippen LogP) is 3.97. The zero-order valence-corrected chi connectivity index (χ0v) is 11.7. The van der Waals surface area contributed by atoms with Crippen molar-refractivity contribution >= 4 is 16.9 Å². The van der Waals surface area contributed by atoms with Gasteiger partial charge in [0.15, 0.2) is 0 Å². The average molecular weight is 279 g/mol. The maximum atomic E-state index is 11.4. The summed E-state index contributed by atoms with van der Waals surface area (Å²) in [4.78, 5) is 11.4. The van der Waals surface area contributed by atoms with E-state index in [1.807, 2.05) is 47.0 Å². The Morgan fingerprint density at radius 3 is 2.48 bits per heavy atom. The number of aromatic carboxylic acids is 1. The minimum absolute atomic E-state index is 0.365. The summed E-state index contributed by atoms with van der Waals surface area (Å²) in [5, 5.41) is 10.3. The van der Waals surface area contributed by atoms with Crippen molar-refractivity contribution < 1.29 is 9.90 Å². The third-order valence-electron chi connectivity index (χ3n) is 3.72. The van der Waals surface area contributed by atoms with Crippen LogP contribution < -0.4 is 0 Å². The van der Waals surface area contributed by atoms with Gasteiger partial charge in [-0.1, -0.05) is 48.5 Å². The van der Waals surface area contributed by atoms with Crippen LogP contribution in [0.25, 0.3) is 10.9 Å². The molecule has 0 aliphatic rings. The van der Waals surface area contributed by atoms with Gasteiger partial charge in [-0.2, -0.15) is 0 Å². The lowest BCUT2D eigenvalue weighted by atomic mass is 10.1. The number of rotatable bonds is 5. The Kier molecular flexibility index (Phi) is 3.73. The molecule has 0 bridgehead atoms. The summed E-state index contributed by atoms with van der Waals surface area (Å²) in [6.07, 6.45) is 1.87. The molecule has 0 fully saturated rings. The van der Waals surface area contributed by atoms with Crippen LogP contribution in [0.15, 0.2) is 60.7 Å². The first-order chi connectivity index (χ1) is 10.3. The lowest BCUT2D eigenvalue weighted by Crippen LogP contribution is -2.09. The van der Waals surface area contributed by atoms with Gasteiger partial charge in [0.2, 0.25) is 0 Å². The third kappa shape index (κ3) is 2.82. The van der Waals surface area contributed by atoms with Gasteiger partial charge in [-0.3, -0.25) is 0 Å². The van der Waals surface area contributed by atoms with E-state index < -0.39 is 5.97 Å². The number of nitrogens with zero attached hydrogens (tertiary/aromatic N) is 1. The Labute approximate surface area is 123 Å². The van der Waals surface area contributed by atoms with Crippen LogP contribution in [0, 0.1) is 0 Å². The van der Waals surface area contributed by atoms with Crippen LogP contribution >= 0.6 is 0 Å². The summed E-state index contributed by atoms with van der Waals surface area (Å²) in [5.41, 5.74) is 2.64. The first-order valence-electron chi connectivity index (χ1n) is 7.11. The Morgan fingerprint density at radius 1 is 1.00 bits per heavy atom. The molecule has 1 heterocycles. The monoisotopic (exact) mass is 279 g/mol. The number of fused-ring (bicyclic) bond motifs is 1. The van der Waals surface area contributed by atoms with Gasteiger partial charge in [0.1, 0.15) is 5.69 Å². The molecule has 0 saturated carbocycles. The van der Waals surface area contributed by atoms with Gasteiger partial charge in [-0.25, -0.2) is 4.79 Å². The second-order valence-electron chi connectivity index (χ2n) is 5.13. The normalized spacial score (nSPS) is 10.9. The van der Waals surface area contributed by atoms with E-state index in [-0.39, 0.29) is 0 Å². The topological polar surface area (TPSA) is 42.2 Å². The number of aryl methyl sites for hydroxylation is 2. The highest BCUT2D eigenvalue weighted by Crippen LogP contribution is 2.20. The molecule has 106 valence electrons. The standard InChI is InChI=1S/C18H17NO2/c20-18(21)17-13-15-10-4-5-11-16(15)19(17)12-6-9-14-7-2-1-3-8-14/h1-5,7-8,10-11,13H,6,9,12H2,(H,20,21). The number of carboxylic acid groups (broad SMARTS) is 1. The smallest absolute Gasteiger partial charge is 0.352 e. The molecular formula is C18H17NO2. The van der Waals surface area contributed by atoms with Crippen molar-refractivity contribution in [3.63, 3.8) is 0 Å². The van der Waals surface area contributed by atoms with Gasteiger partial charge in [0, 0.05) is 17.4 Å². The summed E-state index contributed by atoms with van der Waals surface area (Å²) in [7, 11) is 0. The van der Waals surface area contributed by atoms with E-state index in [4.69, 9.17) is 0 Å². The maximum absolute atomic E-state index is 11.4. The molecule has 0 aliphatic heterocycles. The van der Waals surface area contributed by atoms with Crippen molar-refractivity contribution in [3.8, 4) is 0 Å². The van der Waals surface area contributed by atoms with E-state index in [0.717, 1.165) is 23.7 Å². The zero-order valence-electron chi connectivity index (χ0n) is 11.7. The quantitative estimate of drug-likeness (QED) is 0.767. The van der Waals surface area contributed by atoms with Crippen molar-refractivity contribution in [1.82, 2.24) is 4.57 Å². The molecular weight excluding hydrogens is 262 g/mol. The molecule has 0 radical (unpaired) electrons. The van der Waals surface area contributed by atoms with E-state index in [9.17, 15) is 9.90 Å². The summed E-state index contributed by atoms with van der Waals surface area (Å²) in [5.74, 6) is -0.870. The zero-order chi connectivity index (χ0) is 14.7. The van der Waals surface area contributed by atoms with Crippen LogP contribution in [0.3, 0.4) is 0 Å². The molecule has 21 heavy (non-hydrogen) atoms. The molecule has 0 amide bonds. The largest absolute Gasteiger partial charge is 0.477 e. The van der Waals surface area contributed by atoms with Crippen molar-refractivity contribution in [1.29, 1.82) is 0 Å². The minimum atomic E-state index is -0.870. The van der Waals surface area contributed by atoms with Crippen LogP contribution in [0.5, 0.6) is 0 Å². The summed E-state index contributed by atoms with van der Waals surface area (Å²) < 4.78 is 1.90. The maximum Gasteiger partial charge on any atom is 0.352 e. The highest BCUT2D eigenvalue weighted by atomic mass is 16.4. The number of para-hydroxylation sites is 1. The number of aromatic nitrogens is 1. The Bertz CT molecular complexity index is 759. The number of hydrogen-bond acceptors (Lipinski definition) is 1. The molecule has 2 aromatic carbocycles. The molecule has 1 N–H and O–H groups in total. The van der Waals surface area contributed by atoms with Gasteiger partial charge in [0.05, 0.1) is 0 Å². The van der Waals surface area contributed by atoms with Crippen molar-refractivity contribution in [2.75, 3.05) is 0 Å². The number of carbonyl (C=O) groups is 1. The van der Waals surface area contributed by atoms with Gasteiger partial charge >= 0.3 is 5.97 Å². The molecule has 3 heteroatoms. The van der Waals surface area contributed by atoms with Crippen molar-refractivity contribution in [2.45, 2.75) is 19.4 Å². The van der Waals surface area contributed by atoms with E-state index in [1.165, 1.54) is 5.56 Å². The van der Waals surface area contributed by atoms with Crippen LogP contribution in [0.2, 0.25) is 0 Å². The SMILES string of the molecule is O=C(O)c1cc2ccccc2n1CCCc1ccccc1. The summed E-state index contributed by atoms with van der Waals surface area (Å²) >= 11 is 0. The van der Waals surface area contributed by atoms with E-state index in [2.05, 4.69) is 12.1 Å². The fourth-order valence-electron chi connectivity index (χ4n) is 2.71. The van der Waals surface area contributed by atoms with Gasteiger partial charge in [-0.05, 0) is 30.5 Å². The van der Waals surface area contributed by atoms with Crippen molar-refractivity contribution in [3.05, 3.63) is 71.9 Å². The van der Waals surface area contributed by atoms with Gasteiger partial charge < -0.3 is 9.67 Å². The molecule has 0 saturated heterocycles. The fraction of sp³-hybridized carbons (Fsp3) is 0.167. The molecule has 1 aromatic heterocycles. The summed E-state index contributed by atoms with van der Waals surface area (Å²) in [6.45, 7) is 0.712. The third-order valence-corrected chi connectivity index (χ3v) is 3.72. The average Bonchev–Trinajstić information content (AvgIpc) is 2.88. The molecule has 0 unspecified atom stereocenters. The van der Waals surface area contributed by atoms with E-state index in [0.29, 0.717) is 12.2 Å².